The third kappa shape index (κ3) is 3.96. The molecule has 142 valence electrons. The van der Waals surface area contributed by atoms with Crippen LogP contribution in [-0.4, -0.2) is 59.1 Å². The molecule has 10 heteroatoms. The smallest absolute Gasteiger partial charge is 0.342 e. The van der Waals surface area contributed by atoms with Crippen LogP contribution in [0.4, 0.5) is 9.59 Å². The number of hydrogen-bond acceptors (Lipinski definition) is 5. The molecule has 2 rings (SSSR count). The highest BCUT2D eigenvalue weighted by Crippen LogP contribution is 2.22. The maximum atomic E-state index is 12.5. The first kappa shape index (κ1) is 19.7. The largest absolute Gasteiger partial charge is 0.479 e. The Morgan fingerprint density at radius 1 is 1.31 bits per heavy atom. The fourth-order valence-electron chi connectivity index (χ4n) is 2.72. The van der Waals surface area contributed by atoms with Crippen molar-refractivity contribution in [2.75, 3.05) is 12.3 Å². The summed E-state index contributed by atoms with van der Waals surface area (Å²) < 4.78 is 25.0. The Bertz CT molecular complexity index is 795. The first-order valence-electron chi connectivity index (χ1n) is 8.11. The summed E-state index contributed by atoms with van der Waals surface area (Å²) in [6, 6.07) is 4.03. The summed E-state index contributed by atoms with van der Waals surface area (Å²) in [4.78, 5) is 37.2. The number of imide groups is 1. The van der Waals surface area contributed by atoms with Crippen LogP contribution in [0.25, 0.3) is 0 Å². The minimum Gasteiger partial charge on any atom is -0.479 e. The maximum absolute atomic E-state index is 12.5. The standard InChI is InChI=1S/C16H21N3O6S/c1-3-9-26(24,25)18-10-11(2)19(16(18)23)15(22)17-13(14(20)21)12-7-5-4-6-8-12/h4-8,11,13H,3,9-10H2,1-2H3,(H,17,22)(H,20,21). The van der Waals surface area contributed by atoms with Gasteiger partial charge >= 0.3 is 18.0 Å². The van der Waals surface area contributed by atoms with E-state index < -0.39 is 40.1 Å². The van der Waals surface area contributed by atoms with Crippen LogP contribution in [0, 0.1) is 0 Å². The number of sulfonamides is 1. The summed E-state index contributed by atoms with van der Waals surface area (Å²) in [5, 5.41) is 11.7. The predicted octanol–water partition coefficient (Wildman–Crippen LogP) is 1.39. The molecule has 1 fully saturated rings. The molecule has 1 aromatic rings. The van der Waals surface area contributed by atoms with Crippen LogP contribution >= 0.6 is 0 Å². The summed E-state index contributed by atoms with van der Waals surface area (Å²) in [5.41, 5.74) is 0.336. The van der Waals surface area contributed by atoms with E-state index in [9.17, 15) is 27.9 Å². The number of urea groups is 2. The Morgan fingerprint density at radius 3 is 2.46 bits per heavy atom. The van der Waals surface area contributed by atoms with Gasteiger partial charge in [-0.25, -0.2) is 32.0 Å². The minimum atomic E-state index is -3.81. The van der Waals surface area contributed by atoms with Crippen molar-refractivity contribution in [3.05, 3.63) is 35.9 Å². The molecule has 9 nitrogen and oxygen atoms in total. The number of nitrogens with zero attached hydrogens (tertiary/aromatic N) is 2. The number of carboxylic acid groups (broad SMARTS) is 1. The zero-order chi connectivity index (χ0) is 19.5. The topological polar surface area (TPSA) is 124 Å². The van der Waals surface area contributed by atoms with Crippen LogP contribution in [-0.2, 0) is 14.8 Å². The number of carbonyl (C=O) groups is 3. The Hall–Kier alpha value is -2.62. The van der Waals surface area contributed by atoms with Gasteiger partial charge in [0.05, 0.1) is 18.3 Å². The molecule has 0 bridgehead atoms. The molecule has 1 aliphatic heterocycles. The third-order valence-corrected chi connectivity index (χ3v) is 5.86. The van der Waals surface area contributed by atoms with E-state index in [0.717, 1.165) is 4.90 Å². The molecule has 1 saturated heterocycles. The molecule has 2 unspecified atom stereocenters. The van der Waals surface area contributed by atoms with E-state index in [0.29, 0.717) is 16.3 Å². The van der Waals surface area contributed by atoms with Crippen LogP contribution < -0.4 is 5.32 Å². The van der Waals surface area contributed by atoms with Crippen molar-refractivity contribution in [3.8, 4) is 0 Å². The highest BCUT2D eigenvalue weighted by Gasteiger charge is 2.45. The van der Waals surface area contributed by atoms with Crippen molar-refractivity contribution < 1.29 is 27.9 Å². The Labute approximate surface area is 151 Å². The lowest BCUT2D eigenvalue weighted by Crippen LogP contribution is -2.48. The van der Waals surface area contributed by atoms with Gasteiger partial charge in [-0.3, -0.25) is 0 Å². The van der Waals surface area contributed by atoms with E-state index in [1.54, 1.807) is 25.1 Å². The number of nitrogens with one attached hydrogen (secondary N) is 1. The lowest BCUT2D eigenvalue weighted by molar-refractivity contribution is -0.139. The third-order valence-electron chi connectivity index (χ3n) is 3.95. The molecule has 0 aromatic heterocycles. The number of carboxylic acids is 1. The summed E-state index contributed by atoms with van der Waals surface area (Å²) >= 11 is 0. The average molecular weight is 383 g/mol. The van der Waals surface area contributed by atoms with Gasteiger partial charge in [-0.15, -0.1) is 0 Å². The van der Waals surface area contributed by atoms with Crippen molar-refractivity contribution in [3.63, 3.8) is 0 Å². The molecule has 0 aliphatic carbocycles. The van der Waals surface area contributed by atoms with E-state index in [2.05, 4.69) is 5.32 Å². The second-order valence-corrected chi connectivity index (χ2v) is 7.99. The van der Waals surface area contributed by atoms with Gasteiger partial charge < -0.3 is 10.4 Å². The monoisotopic (exact) mass is 383 g/mol. The molecule has 1 heterocycles. The van der Waals surface area contributed by atoms with Crippen LogP contribution in [0.3, 0.4) is 0 Å². The van der Waals surface area contributed by atoms with E-state index in [1.807, 2.05) is 0 Å². The molecule has 0 saturated carbocycles. The van der Waals surface area contributed by atoms with E-state index in [4.69, 9.17) is 0 Å². The van der Waals surface area contributed by atoms with Crippen LogP contribution in [0.1, 0.15) is 31.9 Å². The highest BCUT2D eigenvalue weighted by atomic mass is 32.2. The molecule has 1 aromatic carbocycles. The van der Waals surface area contributed by atoms with Crippen LogP contribution in [0.2, 0.25) is 0 Å². The maximum Gasteiger partial charge on any atom is 0.342 e. The van der Waals surface area contributed by atoms with E-state index in [1.165, 1.54) is 19.1 Å². The Kier molecular flexibility index (Phi) is 5.86. The highest BCUT2D eigenvalue weighted by molar-refractivity contribution is 7.89. The van der Waals surface area contributed by atoms with Gasteiger partial charge in [0.1, 0.15) is 0 Å². The molecule has 0 radical (unpaired) electrons. The van der Waals surface area contributed by atoms with Crippen molar-refractivity contribution in [1.29, 1.82) is 0 Å². The number of amides is 4. The summed E-state index contributed by atoms with van der Waals surface area (Å²) in [6.07, 6.45) is 0.335. The molecule has 1 aliphatic rings. The average Bonchev–Trinajstić information content (AvgIpc) is 2.88. The first-order chi connectivity index (χ1) is 12.2. The molecular weight excluding hydrogens is 362 g/mol. The molecule has 2 N–H and O–H groups in total. The molecule has 4 amide bonds. The van der Waals surface area contributed by atoms with Gasteiger partial charge in [0.2, 0.25) is 10.0 Å². The SMILES string of the molecule is CCCS(=O)(=O)N1CC(C)N(C(=O)NC(C(=O)O)c2ccccc2)C1=O. The lowest BCUT2D eigenvalue weighted by atomic mass is 10.1. The Morgan fingerprint density at radius 2 is 1.92 bits per heavy atom. The summed E-state index contributed by atoms with van der Waals surface area (Å²) in [7, 11) is -3.81. The van der Waals surface area contributed by atoms with Gasteiger partial charge in [0, 0.05) is 0 Å². The van der Waals surface area contributed by atoms with E-state index in [-0.39, 0.29) is 12.3 Å². The van der Waals surface area contributed by atoms with Crippen molar-refractivity contribution >= 4 is 28.1 Å². The normalized spacial score (nSPS) is 18.7. The zero-order valence-corrected chi connectivity index (χ0v) is 15.3. The number of hydrogen-bond donors (Lipinski definition) is 2. The zero-order valence-electron chi connectivity index (χ0n) is 14.5. The quantitative estimate of drug-likeness (QED) is 0.765. The minimum absolute atomic E-state index is 0.155. The summed E-state index contributed by atoms with van der Waals surface area (Å²) in [6.45, 7) is 3.04. The van der Waals surface area contributed by atoms with Gasteiger partial charge in [0.15, 0.2) is 6.04 Å². The molecule has 2 atom stereocenters. The van der Waals surface area contributed by atoms with Crippen LogP contribution in [0.15, 0.2) is 30.3 Å². The number of aliphatic carboxylic acids is 1. The van der Waals surface area contributed by atoms with Crippen molar-refractivity contribution in [2.45, 2.75) is 32.4 Å². The predicted molar refractivity (Wildman–Crippen MR) is 92.8 cm³/mol. The molecule has 26 heavy (non-hydrogen) atoms. The molecule has 0 spiro atoms. The van der Waals surface area contributed by atoms with Crippen molar-refractivity contribution in [2.24, 2.45) is 0 Å². The number of benzene rings is 1. The van der Waals surface area contributed by atoms with Gasteiger partial charge in [0.25, 0.3) is 0 Å². The summed E-state index contributed by atoms with van der Waals surface area (Å²) in [5.74, 6) is -1.50. The van der Waals surface area contributed by atoms with E-state index >= 15 is 0 Å². The van der Waals surface area contributed by atoms with Gasteiger partial charge in [-0.2, -0.15) is 0 Å². The Balaban J connectivity index is 2.21. The fourth-order valence-corrected chi connectivity index (χ4v) is 4.23. The number of rotatable bonds is 6. The second kappa shape index (κ2) is 7.73. The van der Waals surface area contributed by atoms with Crippen LogP contribution in [0.5, 0.6) is 0 Å². The van der Waals surface area contributed by atoms with Gasteiger partial charge in [-0.1, -0.05) is 37.3 Å². The lowest BCUT2D eigenvalue weighted by Gasteiger charge is -2.22. The number of carbonyl (C=O) groups excluding carboxylic acids is 2. The second-order valence-electron chi connectivity index (χ2n) is 5.98. The van der Waals surface area contributed by atoms with Crippen molar-refractivity contribution in [1.82, 2.24) is 14.5 Å². The van der Waals surface area contributed by atoms with Gasteiger partial charge in [-0.05, 0) is 18.9 Å². The molecular formula is C16H21N3O6S. The first-order valence-corrected chi connectivity index (χ1v) is 9.71. The fraction of sp³-hybridized carbons (Fsp3) is 0.438.